The third-order valence-corrected chi connectivity index (χ3v) is 5.98. The van der Waals surface area contributed by atoms with Gasteiger partial charge in [0.25, 0.3) is 0 Å². The molecule has 5 rings (SSSR count). The normalized spacial score (nSPS) is 15.4. The van der Waals surface area contributed by atoms with Crippen molar-refractivity contribution >= 4 is 5.78 Å². The molecule has 1 aliphatic heterocycles. The van der Waals surface area contributed by atoms with Crippen molar-refractivity contribution in [2.24, 2.45) is 7.05 Å². The number of hydrogen-bond acceptors (Lipinski definition) is 7. The number of Topliss-reactive ketones (excluding diaryl/α,β-unsaturated/α-hetero) is 1. The maximum Gasteiger partial charge on any atom is 0.203 e. The van der Waals surface area contributed by atoms with Crippen LogP contribution in [-0.2, 0) is 29.4 Å². The fourth-order valence-corrected chi connectivity index (χ4v) is 4.21. The van der Waals surface area contributed by atoms with Crippen LogP contribution in [0.1, 0.15) is 36.1 Å². The first-order chi connectivity index (χ1) is 17.0. The Bertz CT molecular complexity index is 1390. The number of benzene rings is 1. The molecule has 0 spiro atoms. The Morgan fingerprint density at radius 1 is 1.14 bits per heavy atom. The predicted octanol–water partition coefficient (Wildman–Crippen LogP) is 2.69. The maximum absolute atomic E-state index is 12.4. The van der Waals surface area contributed by atoms with E-state index in [0.717, 1.165) is 41.8 Å². The van der Waals surface area contributed by atoms with Gasteiger partial charge < -0.3 is 4.74 Å². The number of aryl methyl sites for hydroxylation is 1. The second-order valence-corrected chi connectivity index (χ2v) is 8.79. The van der Waals surface area contributed by atoms with Gasteiger partial charge in [-0.25, -0.2) is 14.6 Å². The lowest BCUT2D eigenvalue weighted by atomic mass is 10.0. The van der Waals surface area contributed by atoms with Gasteiger partial charge in [0, 0.05) is 63.1 Å². The molecular formula is C26H26N6O3. The Morgan fingerprint density at radius 3 is 2.74 bits per heavy atom. The average molecular weight is 471 g/mol. The average Bonchev–Trinajstić information content (AvgIpc) is 3.53. The van der Waals surface area contributed by atoms with E-state index in [0.29, 0.717) is 30.8 Å². The molecule has 1 fully saturated rings. The molecule has 1 saturated heterocycles. The van der Waals surface area contributed by atoms with Gasteiger partial charge in [0.15, 0.2) is 5.82 Å². The first kappa shape index (κ1) is 22.8. The Morgan fingerprint density at radius 2 is 2.00 bits per heavy atom. The van der Waals surface area contributed by atoms with E-state index in [-0.39, 0.29) is 17.3 Å². The van der Waals surface area contributed by atoms with E-state index < -0.39 is 0 Å². The van der Waals surface area contributed by atoms with E-state index in [1.165, 1.54) is 6.07 Å². The number of carbonyl (C=O) groups excluding carboxylic acids is 1. The second-order valence-electron chi connectivity index (χ2n) is 8.79. The Labute approximate surface area is 202 Å². The van der Waals surface area contributed by atoms with Gasteiger partial charge in [-0.1, -0.05) is 18.2 Å². The van der Waals surface area contributed by atoms with Crippen LogP contribution in [0.3, 0.4) is 0 Å². The van der Waals surface area contributed by atoms with Crippen molar-refractivity contribution in [3.05, 3.63) is 88.4 Å². The summed E-state index contributed by atoms with van der Waals surface area (Å²) in [7, 11) is 1.83. The summed E-state index contributed by atoms with van der Waals surface area (Å²) in [6.07, 6.45) is 11.7. The highest BCUT2D eigenvalue weighted by atomic mass is 16.5. The molecule has 0 bridgehead atoms. The van der Waals surface area contributed by atoms with E-state index in [1.54, 1.807) is 34.2 Å². The summed E-state index contributed by atoms with van der Waals surface area (Å²) >= 11 is 0. The van der Waals surface area contributed by atoms with E-state index in [4.69, 9.17) is 4.74 Å². The zero-order chi connectivity index (χ0) is 24.2. The van der Waals surface area contributed by atoms with Gasteiger partial charge in [-0.3, -0.25) is 14.3 Å². The van der Waals surface area contributed by atoms with Crippen molar-refractivity contribution in [3.8, 4) is 17.1 Å². The van der Waals surface area contributed by atoms with Crippen LogP contribution >= 0.6 is 0 Å². The SMILES string of the molecule is Cn1cc(-n2ccc(=O)c(Cc3cccc(-c4ncc(CC(=O)CC5CCCO5)cn4)c3)n2)cn1. The predicted molar refractivity (Wildman–Crippen MR) is 129 cm³/mol. The van der Waals surface area contributed by atoms with Gasteiger partial charge in [0.05, 0.1) is 18.5 Å². The topological polar surface area (TPSA) is 105 Å². The van der Waals surface area contributed by atoms with Gasteiger partial charge >= 0.3 is 0 Å². The van der Waals surface area contributed by atoms with Crippen molar-refractivity contribution < 1.29 is 9.53 Å². The number of ether oxygens (including phenoxy) is 1. The molecule has 35 heavy (non-hydrogen) atoms. The molecule has 1 aliphatic rings. The lowest BCUT2D eigenvalue weighted by molar-refractivity contribution is -0.120. The summed E-state index contributed by atoms with van der Waals surface area (Å²) in [6.45, 7) is 0.746. The number of ketones is 1. The number of carbonyl (C=O) groups is 1. The minimum atomic E-state index is -0.121. The van der Waals surface area contributed by atoms with Crippen molar-refractivity contribution in [2.45, 2.75) is 38.2 Å². The van der Waals surface area contributed by atoms with Gasteiger partial charge in [-0.2, -0.15) is 10.2 Å². The van der Waals surface area contributed by atoms with Gasteiger partial charge in [0.1, 0.15) is 17.2 Å². The van der Waals surface area contributed by atoms with Crippen molar-refractivity contribution in [3.63, 3.8) is 0 Å². The first-order valence-electron chi connectivity index (χ1n) is 11.6. The molecule has 1 aromatic carbocycles. The molecular weight excluding hydrogens is 444 g/mol. The van der Waals surface area contributed by atoms with Crippen LogP contribution in [0.25, 0.3) is 17.1 Å². The Hall–Kier alpha value is -3.98. The Kier molecular flexibility index (Phi) is 6.58. The largest absolute Gasteiger partial charge is 0.378 e. The van der Waals surface area contributed by atoms with Crippen LogP contribution in [0.5, 0.6) is 0 Å². The summed E-state index contributed by atoms with van der Waals surface area (Å²) in [5.74, 6) is 0.707. The zero-order valence-corrected chi connectivity index (χ0v) is 19.5. The monoisotopic (exact) mass is 470 g/mol. The molecule has 1 unspecified atom stereocenters. The van der Waals surface area contributed by atoms with Gasteiger partial charge in [-0.05, 0) is 30.0 Å². The molecule has 4 aromatic rings. The number of hydrogen-bond donors (Lipinski definition) is 0. The van der Waals surface area contributed by atoms with E-state index in [2.05, 4.69) is 20.2 Å². The molecule has 9 nitrogen and oxygen atoms in total. The van der Waals surface area contributed by atoms with Crippen molar-refractivity contribution in [1.29, 1.82) is 0 Å². The summed E-state index contributed by atoms with van der Waals surface area (Å²) in [5, 5.41) is 8.67. The Balaban J connectivity index is 1.28. The zero-order valence-electron chi connectivity index (χ0n) is 19.5. The van der Waals surface area contributed by atoms with Crippen LogP contribution in [-0.4, -0.2) is 48.0 Å². The summed E-state index contributed by atoms with van der Waals surface area (Å²) in [5.41, 5.74) is 3.65. The molecule has 0 N–H and O–H groups in total. The van der Waals surface area contributed by atoms with Crippen LogP contribution in [0.15, 0.2) is 66.1 Å². The highest BCUT2D eigenvalue weighted by Gasteiger charge is 2.19. The van der Waals surface area contributed by atoms with Crippen LogP contribution in [0.4, 0.5) is 0 Å². The van der Waals surface area contributed by atoms with E-state index in [9.17, 15) is 9.59 Å². The van der Waals surface area contributed by atoms with Gasteiger partial charge in [-0.15, -0.1) is 0 Å². The number of nitrogens with zero attached hydrogens (tertiary/aromatic N) is 6. The standard InChI is InChI=1S/C26H26N6O3/c1-31-17-21(16-29-31)32-8-7-25(34)24(30-32)12-18-4-2-5-20(10-18)26-27-14-19(15-28-26)11-22(33)13-23-6-3-9-35-23/h2,4-5,7-8,10,14-17,23H,3,6,9,11-13H2,1H3. The molecule has 3 aromatic heterocycles. The molecule has 0 amide bonds. The third kappa shape index (κ3) is 5.58. The van der Waals surface area contributed by atoms with Crippen molar-refractivity contribution in [1.82, 2.24) is 29.5 Å². The van der Waals surface area contributed by atoms with Crippen LogP contribution in [0, 0.1) is 0 Å². The second kappa shape index (κ2) is 10.1. The minimum absolute atomic E-state index is 0.0537. The van der Waals surface area contributed by atoms with E-state index >= 15 is 0 Å². The number of aromatic nitrogens is 6. The number of rotatable bonds is 8. The molecule has 0 radical (unpaired) electrons. The van der Waals surface area contributed by atoms with Crippen LogP contribution in [0.2, 0.25) is 0 Å². The van der Waals surface area contributed by atoms with Crippen LogP contribution < -0.4 is 5.43 Å². The molecule has 4 heterocycles. The fourth-order valence-electron chi connectivity index (χ4n) is 4.21. The van der Waals surface area contributed by atoms with Gasteiger partial charge in [0.2, 0.25) is 5.43 Å². The van der Waals surface area contributed by atoms with Crippen molar-refractivity contribution in [2.75, 3.05) is 6.61 Å². The maximum atomic E-state index is 12.4. The fraction of sp³-hybridized carbons (Fsp3) is 0.308. The smallest absolute Gasteiger partial charge is 0.203 e. The third-order valence-electron chi connectivity index (χ3n) is 5.98. The highest BCUT2D eigenvalue weighted by molar-refractivity contribution is 5.81. The highest BCUT2D eigenvalue weighted by Crippen LogP contribution is 2.19. The summed E-state index contributed by atoms with van der Waals surface area (Å²) in [4.78, 5) is 33.7. The molecule has 0 saturated carbocycles. The first-order valence-corrected chi connectivity index (χ1v) is 11.6. The summed E-state index contributed by atoms with van der Waals surface area (Å²) in [6, 6.07) is 9.26. The van der Waals surface area contributed by atoms with E-state index in [1.807, 2.05) is 37.5 Å². The quantitative estimate of drug-likeness (QED) is 0.390. The molecule has 0 aliphatic carbocycles. The minimum Gasteiger partial charge on any atom is -0.378 e. The lowest BCUT2D eigenvalue weighted by Crippen LogP contribution is -2.16. The lowest BCUT2D eigenvalue weighted by Gasteiger charge is -2.08. The molecule has 9 heteroatoms. The summed E-state index contributed by atoms with van der Waals surface area (Å²) < 4.78 is 8.88. The molecule has 178 valence electrons. The molecule has 1 atom stereocenters.